The number of carbonyl (C=O) groups is 1. The van der Waals surface area contributed by atoms with E-state index in [0.717, 1.165) is 11.4 Å². The van der Waals surface area contributed by atoms with Gasteiger partial charge in [-0.2, -0.15) is 0 Å². The highest BCUT2D eigenvalue weighted by atomic mass is 16.1. The van der Waals surface area contributed by atoms with Crippen LogP contribution in [0.15, 0.2) is 18.2 Å². The Morgan fingerprint density at radius 3 is 2.79 bits per heavy atom. The van der Waals surface area contributed by atoms with Crippen LogP contribution in [0.25, 0.3) is 0 Å². The first kappa shape index (κ1) is 10.7. The second-order valence-corrected chi connectivity index (χ2v) is 3.62. The molecule has 0 saturated carbocycles. The van der Waals surface area contributed by atoms with Gasteiger partial charge >= 0.3 is 0 Å². The van der Waals surface area contributed by atoms with Gasteiger partial charge in [-0.15, -0.1) is 0 Å². The molecular formula is C11H16N2O. The largest absolute Gasteiger partial charge is 0.351 e. The number of hydrogen-bond acceptors (Lipinski definition) is 2. The maximum absolute atomic E-state index is 10.7. The zero-order valence-corrected chi connectivity index (χ0v) is 8.87. The summed E-state index contributed by atoms with van der Waals surface area (Å²) in [5.74, 6) is 0.397. The van der Waals surface area contributed by atoms with E-state index < -0.39 is 0 Å². The van der Waals surface area contributed by atoms with Crippen LogP contribution in [0, 0.1) is 0 Å². The Morgan fingerprint density at radius 2 is 2.21 bits per heavy atom. The van der Waals surface area contributed by atoms with Crippen LogP contribution in [-0.4, -0.2) is 10.9 Å². The van der Waals surface area contributed by atoms with E-state index in [1.54, 1.807) is 0 Å². The molecular weight excluding hydrogens is 176 g/mol. The predicted molar refractivity (Wildman–Crippen MR) is 55.8 cm³/mol. The number of carbonyl (C=O) groups excluding carboxylic acids is 1. The Labute approximate surface area is 84.6 Å². The van der Waals surface area contributed by atoms with Gasteiger partial charge in [0.05, 0.1) is 12.2 Å². The van der Waals surface area contributed by atoms with E-state index in [2.05, 4.69) is 24.1 Å². The summed E-state index contributed by atoms with van der Waals surface area (Å²) in [6, 6.07) is 5.89. The molecule has 1 amide bonds. The molecule has 1 rings (SSSR count). The molecule has 0 unspecified atom stereocenters. The van der Waals surface area contributed by atoms with Crippen molar-refractivity contribution in [2.45, 2.75) is 33.2 Å². The van der Waals surface area contributed by atoms with Gasteiger partial charge in [-0.3, -0.25) is 9.78 Å². The van der Waals surface area contributed by atoms with Gasteiger partial charge in [0.1, 0.15) is 0 Å². The average Bonchev–Trinajstić information content (AvgIpc) is 2.15. The molecule has 0 bridgehead atoms. The number of hydrogen-bond donors (Lipinski definition) is 1. The molecule has 1 heterocycles. The summed E-state index contributed by atoms with van der Waals surface area (Å²) in [5.41, 5.74) is 1.97. The van der Waals surface area contributed by atoms with E-state index in [1.807, 2.05) is 18.2 Å². The van der Waals surface area contributed by atoms with Gasteiger partial charge in [0.25, 0.3) is 0 Å². The van der Waals surface area contributed by atoms with Crippen molar-refractivity contribution in [1.82, 2.24) is 10.3 Å². The van der Waals surface area contributed by atoms with Gasteiger partial charge in [-0.1, -0.05) is 19.9 Å². The fraction of sp³-hybridized carbons (Fsp3) is 0.455. The summed E-state index contributed by atoms with van der Waals surface area (Å²) in [7, 11) is 0. The normalized spacial score (nSPS) is 10.3. The molecule has 0 aromatic carbocycles. The van der Waals surface area contributed by atoms with E-state index in [9.17, 15) is 4.79 Å². The quantitative estimate of drug-likeness (QED) is 0.794. The summed E-state index contributed by atoms with van der Waals surface area (Å²) < 4.78 is 0. The van der Waals surface area contributed by atoms with E-state index in [1.165, 1.54) is 6.92 Å². The molecule has 1 aromatic heterocycles. The van der Waals surface area contributed by atoms with Crippen LogP contribution in [0.1, 0.15) is 38.1 Å². The lowest BCUT2D eigenvalue weighted by Gasteiger charge is -2.07. The third-order valence-electron chi connectivity index (χ3n) is 1.94. The van der Waals surface area contributed by atoms with Crippen molar-refractivity contribution in [3.63, 3.8) is 0 Å². The standard InChI is InChI=1S/C11H16N2O/c1-8(2)11-6-4-5-10(13-11)7-12-9(3)14/h4-6,8H,7H2,1-3H3,(H,12,14). The Balaban J connectivity index is 2.68. The Kier molecular flexibility index (Phi) is 3.63. The average molecular weight is 192 g/mol. The summed E-state index contributed by atoms with van der Waals surface area (Å²) in [5, 5.41) is 2.73. The van der Waals surface area contributed by atoms with Crippen molar-refractivity contribution in [3.8, 4) is 0 Å². The minimum Gasteiger partial charge on any atom is -0.351 e. The molecule has 3 nitrogen and oxygen atoms in total. The van der Waals surface area contributed by atoms with Crippen LogP contribution in [-0.2, 0) is 11.3 Å². The monoisotopic (exact) mass is 192 g/mol. The van der Waals surface area contributed by atoms with E-state index in [-0.39, 0.29) is 5.91 Å². The minimum atomic E-state index is -0.0262. The van der Waals surface area contributed by atoms with Gasteiger partial charge in [0, 0.05) is 12.6 Å². The van der Waals surface area contributed by atoms with Gasteiger partial charge < -0.3 is 5.32 Å². The van der Waals surface area contributed by atoms with Crippen molar-refractivity contribution < 1.29 is 4.79 Å². The van der Waals surface area contributed by atoms with Crippen LogP contribution < -0.4 is 5.32 Å². The zero-order valence-electron chi connectivity index (χ0n) is 8.87. The molecule has 0 saturated heterocycles. The molecule has 0 aliphatic heterocycles. The first-order valence-corrected chi connectivity index (χ1v) is 4.80. The summed E-state index contributed by atoms with van der Waals surface area (Å²) in [6.07, 6.45) is 0. The van der Waals surface area contributed by atoms with Crippen molar-refractivity contribution in [2.75, 3.05) is 0 Å². The van der Waals surface area contributed by atoms with Crippen molar-refractivity contribution >= 4 is 5.91 Å². The third kappa shape index (κ3) is 3.17. The highest BCUT2D eigenvalue weighted by Gasteiger charge is 2.01. The Hall–Kier alpha value is -1.38. The molecule has 0 aliphatic carbocycles. The van der Waals surface area contributed by atoms with Crippen molar-refractivity contribution in [2.24, 2.45) is 0 Å². The topological polar surface area (TPSA) is 42.0 Å². The van der Waals surface area contributed by atoms with Gasteiger partial charge in [0.15, 0.2) is 0 Å². The van der Waals surface area contributed by atoms with Crippen LogP contribution in [0.5, 0.6) is 0 Å². The van der Waals surface area contributed by atoms with Gasteiger partial charge in [0.2, 0.25) is 5.91 Å². The summed E-state index contributed by atoms with van der Waals surface area (Å²) >= 11 is 0. The Bertz CT molecular complexity index is 321. The predicted octanol–water partition coefficient (Wildman–Crippen LogP) is 1.84. The first-order chi connectivity index (χ1) is 6.59. The number of aromatic nitrogens is 1. The van der Waals surface area contributed by atoms with Crippen LogP contribution in [0.4, 0.5) is 0 Å². The molecule has 14 heavy (non-hydrogen) atoms. The first-order valence-electron chi connectivity index (χ1n) is 4.80. The molecule has 3 heteroatoms. The van der Waals surface area contributed by atoms with E-state index >= 15 is 0 Å². The summed E-state index contributed by atoms with van der Waals surface area (Å²) in [4.78, 5) is 15.1. The molecule has 1 aromatic rings. The van der Waals surface area contributed by atoms with Gasteiger partial charge in [-0.25, -0.2) is 0 Å². The van der Waals surface area contributed by atoms with E-state index in [0.29, 0.717) is 12.5 Å². The number of nitrogens with zero attached hydrogens (tertiary/aromatic N) is 1. The highest BCUT2D eigenvalue weighted by Crippen LogP contribution is 2.11. The lowest BCUT2D eigenvalue weighted by molar-refractivity contribution is -0.119. The fourth-order valence-corrected chi connectivity index (χ4v) is 1.13. The number of pyridine rings is 1. The Morgan fingerprint density at radius 1 is 1.50 bits per heavy atom. The SMILES string of the molecule is CC(=O)NCc1cccc(C(C)C)n1. The van der Waals surface area contributed by atoms with Crippen LogP contribution >= 0.6 is 0 Å². The van der Waals surface area contributed by atoms with Crippen molar-refractivity contribution in [1.29, 1.82) is 0 Å². The maximum Gasteiger partial charge on any atom is 0.217 e. The minimum absolute atomic E-state index is 0.0262. The second-order valence-electron chi connectivity index (χ2n) is 3.62. The highest BCUT2D eigenvalue weighted by molar-refractivity contribution is 5.72. The van der Waals surface area contributed by atoms with Crippen molar-refractivity contribution in [3.05, 3.63) is 29.6 Å². The molecule has 0 spiro atoms. The molecule has 0 aliphatic rings. The molecule has 76 valence electrons. The molecule has 0 atom stereocenters. The van der Waals surface area contributed by atoms with Gasteiger partial charge in [-0.05, 0) is 18.1 Å². The smallest absolute Gasteiger partial charge is 0.217 e. The number of rotatable bonds is 3. The summed E-state index contributed by atoms with van der Waals surface area (Å²) in [6.45, 7) is 6.22. The zero-order chi connectivity index (χ0) is 10.6. The van der Waals surface area contributed by atoms with Crippen LogP contribution in [0.3, 0.4) is 0 Å². The van der Waals surface area contributed by atoms with Crippen LogP contribution in [0.2, 0.25) is 0 Å². The second kappa shape index (κ2) is 4.74. The fourth-order valence-electron chi connectivity index (χ4n) is 1.13. The number of nitrogens with one attached hydrogen (secondary N) is 1. The lowest BCUT2D eigenvalue weighted by Crippen LogP contribution is -2.19. The maximum atomic E-state index is 10.7. The molecule has 1 N–H and O–H groups in total. The number of amides is 1. The third-order valence-corrected chi connectivity index (χ3v) is 1.94. The molecule has 0 radical (unpaired) electrons. The van der Waals surface area contributed by atoms with E-state index in [4.69, 9.17) is 0 Å². The molecule has 0 fully saturated rings. The lowest BCUT2D eigenvalue weighted by atomic mass is 10.1.